The fourth-order valence-electron chi connectivity index (χ4n) is 2.06. The van der Waals surface area contributed by atoms with E-state index in [0.717, 1.165) is 6.07 Å². The van der Waals surface area contributed by atoms with E-state index in [2.05, 4.69) is 26.3 Å². The summed E-state index contributed by atoms with van der Waals surface area (Å²) in [6.45, 7) is 0. The molecule has 0 saturated carbocycles. The van der Waals surface area contributed by atoms with Gasteiger partial charge in [-0.15, -0.1) is 0 Å². The lowest BCUT2D eigenvalue weighted by Crippen LogP contribution is -2.16. The van der Waals surface area contributed by atoms with E-state index in [4.69, 9.17) is 4.42 Å². The van der Waals surface area contributed by atoms with Gasteiger partial charge < -0.3 is 9.73 Å². The number of amides is 1. The molecule has 3 aromatic rings. The summed E-state index contributed by atoms with van der Waals surface area (Å²) in [5.74, 6) is -0.885. The molecule has 0 aliphatic heterocycles. The third kappa shape index (κ3) is 3.35. The van der Waals surface area contributed by atoms with E-state index in [1.54, 1.807) is 6.07 Å². The first-order valence-corrected chi connectivity index (χ1v) is 7.42. The van der Waals surface area contributed by atoms with E-state index in [-0.39, 0.29) is 17.1 Å². The maximum Gasteiger partial charge on any atom is 0.418 e. The maximum atomic E-state index is 13.3. The van der Waals surface area contributed by atoms with Gasteiger partial charge in [0.1, 0.15) is 0 Å². The molecule has 1 N–H and O–H groups in total. The fraction of sp³-hybridized carbons (Fsp3) is 0.0667. The minimum Gasteiger partial charge on any atom is -0.444 e. The molecule has 0 aliphatic rings. The Morgan fingerprint density at radius 2 is 2.04 bits per heavy atom. The second-order valence-electron chi connectivity index (χ2n) is 4.74. The van der Waals surface area contributed by atoms with Crippen LogP contribution in [0, 0.1) is 0 Å². The number of carbonyl (C=O) groups excluding carboxylic acids is 1. The number of alkyl halides is 3. The maximum absolute atomic E-state index is 13.3. The Balaban J connectivity index is 1.96. The summed E-state index contributed by atoms with van der Waals surface area (Å²) >= 11 is 3.03. The molecule has 0 spiro atoms. The summed E-state index contributed by atoms with van der Waals surface area (Å²) in [6.07, 6.45) is -1.67. The first-order chi connectivity index (χ1) is 11.3. The van der Waals surface area contributed by atoms with Crippen molar-refractivity contribution in [2.45, 2.75) is 6.18 Å². The molecule has 5 nitrogen and oxygen atoms in total. The van der Waals surface area contributed by atoms with E-state index in [1.165, 1.54) is 41.3 Å². The Labute approximate surface area is 142 Å². The van der Waals surface area contributed by atoms with Gasteiger partial charge in [0.05, 0.1) is 16.9 Å². The summed E-state index contributed by atoms with van der Waals surface area (Å²) in [4.78, 5) is 12.0. The normalized spacial score (nSPS) is 11.5. The summed E-state index contributed by atoms with van der Waals surface area (Å²) in [7, 11) is 0. The van der Waals surface area contributed by atoms with Crippen LogP contribution in [0.5, 0.6) is 0 Å². The third-order valence-corrected chi connectivity index (χ3v) is 3.55. The molecule has 0 saturated heterocycles. The third-order valence-electron chi connectivity index (χ3n) is 3.12. The van der Waals surface area contributed by atoms with Crippen molar-refractivity contribution < 1.29 is 22.4 Å². The number of halogens is 4. The van der Waals surface area contributed by atoms with E-state index < -0.39 is 17.6 Å². The minimum absolute atomic E-state index is 0.105. The Hall–Kier alpha value is -2.55. The number of carbonyl (C=O) groups is 1. The van der Waals surface area contributed by atoms with Crippen molar-refractivity contribution in [2.24, 2.45) is 0 Å². The standard InChI is InChI=1S/C15H9BrF3N3O2/c16-13-5-4-12(24-13)14(23)21-11-3-2-9(22-7-1-6-20-22)8-10(11)15(17,18)19/h1-8H,(H,21,23). The molecule has 0 bridgehead atoms. The highest BCUT2D eigenvalue weighted by atomic mass is 79.9. The van der Waals surface area contributed by atoms with Crippen LogP contribution < -0.4 is 5.32 Å². The number of anilines is 1. The molecule has 24 heavy (non-hydrogen) atoms. The quantitative estimate of drug-likeness (QED) is 0.705. The molecular formula is C15H9BrF3N3O2. The molecular weight excluding hydrogens is 391 g/mol. The number of furan rings is 1. The SMILES string of the molecule is O=C(Nc1ccc(-n2cccn2)cc1C(F)(F)F)c1ccc(Br)o1. The average Bonchev–Trinajstić information content (AvgIpc) is 3.18. The van der Waals surface area contributed by atoms with E-state index in [9.17, 15) is 18.0 Å². The number of benzene rings is 1. The number of rotatable bonds is 3. The molecule has 0 radical (unpaired) electrons. The number of nitrogens with one attached hydrogen (secondary N) is 1. The van der Waals surface area contributed by atoms with Crippen LogP contribution in [0.2, 0.25) is 0 Å². The van der Waals surface area contributed by atoms with Gasteiger partial charge in [0, 0.05) is 12.4 Å². The van der Waals surface area contributed by atoms with Crippen molar-refractivity contribution in [3.8, 4) is 5.69 Å². The summed E-state index contributed by atoms with van der Waals surface area (Å²) in [5.41, 5.74) is -1.11. The van der Waals surface area contributed by atoms with Crippen LogP contribution in [0.4, 0.5) is 18.9 Å². The second kappa shape index (κ2) is 6.16. The van der Waals surface area contributed by atoms with Gasteiger partial charge in [-0.3, -0.25) is 4.79 Å². The largest absolute Gasteiger partial charge is 0.444 e. The van der Waals surface area contributed by atoms with Crippen LogP contribution in [0.1, 0.15) is 16.1 Å². The van der Waals surface area contributed by atoms with Crippen LogP contribution in [0.3, 0.4) is 0 Å². The second-order valence-corrected chi connectivity index (χ2v) is 5.52. The van der Waals surface area contributed by atoms with Crippen molar-refractivity contribution in [1.29, 1.82) is 0 Å². The van der Waals surface area contributed by atoms with Crippen LogP contribution in [0.25, 0.3) is 5.69 Å². The number of hydrogen-bond donors (Lipinski definition) is 1. The molecule has 124 valence electrons. The molecule has 0 atom stereocenters. The van der Waals surface area contributed by atoms with E-state index in [0.29, 0.717) is 4.67 Å². The van der Waals surface area contributed by atoms with Crippen molar-refractivity contribution >= 4 is 27.5 Å². The minimum atomic E-state index is -4.64. The van der Waals surface area contributed by atoms with Crippen LogP contribution in [-0.4, -0.2) is 15.7 Å². The highest BCUT2D eigenvalue weighted by Gasteiger charge is 2.34. The first kappa shape index (κ1) is 16.3. The Morgan fingerprint density at radius 1 is 1.25 bits per heavy atom. The zero-order valence-electron chi connectivity index (χ0n) is 11.8. The van der Waals surface area contributed by atoms with Crippen LogP contribution in [0.15, 0.2) is 57.9 Å². The fourth-order valence-corrected chi connectivity index (χ4v) is 2.37. The molecule has 0 unspecified atom stereocenters. The zero-order valence-corrected chi connectivity index (χ0v) is 13.4. The predicted molar refractivity (Wildman–Crippen MR) is 82.9 cm³/mol. The molecule has 2 heterocycles. The smallest absolute Gasteiger partial charge is 0.418 e. The van der Waals surface area contributed by atoms with E-state index in [1.807, 2.05) is 0 Å². The van der Waals surface area contributed by atoms with E-state index >= 15 is 0 Å². The van der Waals surface area contributed by atoms with Crippen LogP contribution in [-0.2, 0) is 6.18 Å². The summed E-state index contributed by atoms with van der Waals surface area (Å²) < 4.78 is 46.6. The Kier molecular flexibility index (Phi) is 4.18. The molecule has 2 aromatic heterocycles. The van der Waals surface area contributed by atoms with Gasteiger partial charge >= 0.3 is 6.18 Å². The number of nitrogens with zero attached hydrogens (tertiary/aromatic N) is 2. The van der Waals surface area contributed by atoms with Crippen LogP contribution >= 0.6 is 15.9 Å². The molecule has 1 aromatic carbocycles. The monoisotopic (exact) mass is 399 g/mol. The molecule has 0 aliphatic carbocycles. The Morgan fingerprint density at radius 3 is 2.62 bits per heavy atom. The summed E-state index contributed by atoms with van der Waals surface area (Å²) in [6, 6.07) is 7.94. The molecule has 1 amide bonds. The van der Waals surface area contributed by atoms with Crippen molar-refractivity contribution in [3.05, 3.63) is 64.8 Å². The first-order valence-electron chi connectivity index (χ1n) is 6.62. The number of hydrogen-bond acceptors (Lipinski definition) is 3. The predicted octanol–water partition coefficient (Wildman–Crippen LogP) is 4.50. The van der Waals surface area contributed by atoms with Crippen molar-refractivity contribution in [2.75, 3.05) is 5.32 Å². The molecule has 0 fully saturated rings. The van der Waals surface area contributed by atoms with Gasteiger partial charge in [-0.05, 0) is 52.3 Å². The molecule has 3 rings (SSSR count). The zero-order chi connectivity index (χ0) is 17.3. The van der Waals surface area contributed by atoms with Gasteiger partial charge in [0.2, 0.25) is 0 Å². The molecule has 9 heteroatoms. The number of aromatic nitrogens is 2. The van der Waals surface area contributed by atoms with Gasteiger partial charge in [-0.2, -0.15) is 18.3 Å². The van der Waals surface area contributed by atoms with Gasteiger partial charge in [-0.25, -0.2) is 4.68 Å². The topological polar surface area (TPSA) is 60.1 Å². The average molecular weight is 400 g/mol. The van der Waals surface area contributed by atoms with Crippen molar-refractivity contribution in [3.63, 3.8) is 0 Å². The van der Waals surface area contributed by atoms with Crippen molar-refractivity contribution in [1.82, 2.24) is 9.78 Å². The lowest BCUT2D eigenvalue weighted by atomic mass is 10.1. The van der Waals surface area contributed by atoms with Gasteiger partial charge in [0.15, 0.2) is 10.4 Å². The highest BCUT2D eigenvalue weighted by molar-refractivity contribution is 9.10. The lowest BCUT2D eigenvalue weighted by molar-refractivity contribution is -0.136. The summed E-state index contributed by atoms with van der Waals surface area (Å²) in [5, 5.41) is 6.11. The van der Waals surface area contributed by atoms with Gasteiger partial charge in [0.25, 0.3) is 5.91 Å². The van der Waals surface area contributed by atoms with Gasteiger partial charge in [-0.1, -0.05) is 0 Å². The highest BCUT2D eigenvalue weighted by Crippen LogP contribution is 2.36. The Bertz CT molecular complexity index is 872. The lowest BCUT2D eigenvalue weighted by Gasteiger charge is -2.15.